The molecule has 1 N–H and O–H groups in total. The van der Waals surface area contributed by atoms with E-state index in [4.69, 9.17) is 4.74 Å². The van der Waals surface area contributed by atoms with E-state index in [1.54, 1.807) is 13.0 Å². The van der Waals surface area contributed by atoms with Crippen LogP contribution in [-0.4, -0.2) is 37.6 Å². The zero-order valence-corrected chi connectivity index (χ0v) is 16.8. The van der Waals surface area contributed by atoms with Crippen molar-refractivity contribution < 1.29 is 29.3 Å². The monoisotopic (exact) mass is 445 g/mol. The Hall–Kier alpha value is -3.93. The van der Waals surface area contributed by atoms with Crippen LogP contribution in [0.3, 0.4) is 0 Å². The number of phenolic OH excluding ortho intramolecular Hbond substituents is 1. The average molecular weight is 445 g/mol. The first-order valence-electron chi connectivity index (χ1n) is 8.84. The number of nitrogens with zero attached hydrogens (tertiary/aromatic N) is 3. The predicted molar refractivity (Wildman–Crippen MR) is 111 cm³/mol. The highest BCUT2D eigenvalue weighted by atomic mass is 32.2. The first-order chi connectivity index (χ1) is 14.7. The molecule has 0 saturated carbocycles. The lowest BCUT2D eigenvalue weighted by molar-refractivity contribution is -0.386. The number of imide groups is 1. The number of thioether (sulfide) groups is 1. The van der Waals surface area contributed by atoms with Crippen LogP contribution in [0.25, 0.3) is 6.08 Å². The number of nitro benzene ring substituents is 2. The minimum absolute atomic E-state index is 0.0222. The average Bonchev–Trinajstić information content (AvgIpc) is 2.97. The molecule has 1 saturated heterocycles. The number of benzene rings is 2. The molecule has 0 bridgehead atoms. The summed E-state index contributed by atoms with van der Waals surface area (Å²) in [5.74, 6) is -1.47. The third kappa shape index (κ3) is 4.48. The Labute approximate surface area is 179 Å². The van der Waals surface area contributed by atoms with Gasteiger partial charge in [0.1, 0.15) is 0 Å². The van der Waals surface area contributed by atoms with E-state index in [1.165, 1.54) is 30.3 Å². The van der Waals surface area contributed by atoms with E-state index in [-0.39, 0.29) is 40.6 Å². The maximum absolute atomic E-state index is 12.7. The Morgan fingerprint density at radius 3 is 2.45 bits per heavy atom. The molecule has 11 nitrogen and oxygen atoms in total. The fourth-order valence-electron chi connectivity index (χ4n) is 2.88. The van der Waals surface area contributed by atoms with Gasteiger partial charge in [-0.05, 0) is 36.4 Å². The van der Waals surface area contributed by atoms with Crippen molar-refractivity contribution >= 4 is 40.4 Å². The molecule has 0 aliphatic carbocycles. The van der Waals surface area contributed by atoms with E-state index < -0.39 is 32.4 Å². The van der Waals surface area contributed by atoms with Crippen LogP contribution in [0.15, 0.2) is 41.3 Å². The van der Waals surface area contributed by atoms with Gasteiger partial charge >= 0.3 is 5.69 Å². The van der Waals surface area contributed by atoms with E-state index >= 15 is 0 Å². The number of aromatic hydroxyl groups is 1. The van der Waals surface area contributed by atoms with Gasteiger partial charge in [0, 0.05) is 17.7 Å². The standard InChI is InChI=1S/C19H15N3O8S/c1-2-30-15-8-11(7-14(17(15)23)22(28)29)9-16-18(24)20(19(25)31-16)10-12-5-3-4-6-13(12)21(26)27/h3-9,23H,2,10H2,1H3. The Morgan fingerprint density at radius 1 is 1.13 bits per heavy atom. The Bertz CT molecular complexity index is 1130. The van der Waals surface area contributed by atoms with Gasteiger partial charge < -0.3 is 9.84 Å². The van der Waals surface area contributed by atoms with Crippen molar-refractivity contribution in [2.24, 2.45) is 0 Å². The molecule has 0 unspecified atom stereocenters. The highest BCUT2D eigenvalue weighted by Crippen LogP contribution is 2.40. The van der Waals surface area contributed by atoms with Crippen LogP contribution in [0.4, 0.5) is 16.2 Å². The number of amides is 2. The Morgan fingerprint density at radius 2 is 1.81 bits per heavy atom. The molecule has 0 radical (unpaired) electrons. The summed E-state index contributed by atoms with van der Waals surface area (Å²) < 4.78 is 5.20. The lowest BCUT2D eigenvalue weighted by atomic mass is 10.1. The van der Waals surface area contributed by atoms with E-state index in [2.05, 4.69) is 0 Å². The minimum atomic E-state index is -0.796. The van der Waals surface area contributed by atoms with E-state index in [1.807, 2.05) is 0 Å². The van der Waals surface area contributed by atoms with Crippen LogP contribution in [0.1, 0.15) is 18.1 Å². The number of para-hydroxylation sites is 1. The summed E-state index contributed by atoms with van der Waals surface area (Å²) >= 11 is 0.603. The van der Waals surface area contributed by atoms with Crippen LogP contribution in [0.2, 0.25) is 0 Å². The first-order valence-corrected chi connectivity index (χ1v) is 9.66. The number of carbonyl (C=O) groups excluding carboxylic acids is 2. The summed E-state index contributed by atoms with van der Waals surface area (Å²) in [5.41, 5.74) is -0.475. The molecule has 1 aliphatic heterocycles. The molecular weight excluding hydrogens is 430 g/mol. The smallest absolute Gasteiger partial charge is 0.315 e. The van der Waals surface area contributed by atoms with Crippen molar-refractivity contribution in [2.75, 3.05) is 6.61 Å². The van der Waals surface area contributed by atoms with Crippen LogP contribution in [0.5, 0.6) is 11.5 Å². The third-order valence-electron chi connectivity index (χ3n) is 4.26. The largest absolute Gasteiger partial charge is 0.500 e. The van der Waals surface area contributed by atoms with Gasteiger partial charge in [0.2, 0.25) is 5.75 Å². The van der Waals surface area contributed by atoms with Gasteiger partial charge in [-0.1, -0.05) is 18.2 Å². The molecule has 2 aromatic carbocycles. The molecular formula is C19H15N3O8S. The Balaban J connectivity index is 1.94. The maximum Gasteiger partial charge on any atom is 0.315 e. The first kappa shape index (κ1) is 21.8. The van der Waals surface area contributed by atoms with Gasteiger partial charge in [-0.15, -0.1) is 0 Å². The number of nitro groups is 2. The second kappa shape index (κ2) is 8.83. The van der Waals surface area contributed by atoms with Crippen molar-refractivity contribution in [3.63, 3.8) is 0 Å². The van der Waals surface area contributed by atoms with Gasteiger partial charge in [0.25, 0.3) is 16.8 Å². The number of ether oxygens (including phenoxy) is 1. The highest BCUT2D eigenvalue weighted by Gasteiger charge is 2.36. The number of phenols is 1. The SMILES string of the molecule is CCOc1cc(C=C2SC(=O)N(Cc3ccccc3[N+](=O)[O-])C2=O)cc([N+](=O)[O-])c1O. The predicted octanol–water partition coefficient (Wildman–Crippen LogP) is 3.84. The number of hydrogen-bond donors (Lipinski definition) is 1. The lowest BCUT2D eigenvalue weighted by Gasteiger charge is -2.12. The van der Waals surface area contributed by atoms with E-state index in [0.717, 1.165) is 11.0 Å². The molecule has 2 aromatic rings. The van der Waals surface area contributed by atoms with Crippen LogP contribution in [0, 0.1) is 20.2 Å². The van der Waals surface area contributed by atoms with Crippen LogP contribution in [-0.2, 0) is 11.3 Å². The summed E-state index contributed by atoms with van der Waals surface area (Å²) in [4.78, 5) is 46.9. The molecule has 31 heavy (non-hydrogen) atoms. The quantitative estimate of drug-likeness (QED) is 0.380. The van der Waals surface area contributed by atoms with Crippen LogP contribution < -0.4 is 4.74 Å². The summed E-state index contributed by atoms with van der Waals surface area (Å²) in [6, 6.07) is 8.11. The minimum Gasteiger partial charge on any atom is -0.500 e. The number of carbonyl (C=O) groups is 2. The highest BCUT2D eigenvalue weighted by molar-refractivity contribution is 8.18. The zero-order valence-electron chi connectivity index (χ0n) is 16.0. The molecule has 12 heteroatoms. The van der Waals surface area contributed by atoms with Gasteiger partial charge in [-0.25, -0.2) is 0 Å². The third-order valence-corrected chi connectivity index (χ3v) is 5.17. The maximum atomic E-state index is 12.7. The van der Waals surface area contributed by atoms with E-state index in [9.17, 15) is 34.9 Å². The fraction of sp³-hybridized carbons (Fsp3) is 0.158. The van der Waals surface area contributed by atoms with Gasteiger partial charge in [0.05, 0.1) is 27.9 Å². The normalized spacial score (nSPS) is 14.9. The molecule has 2 amide bonds. The Kier molecular flexibility index (Phi) is 6.20. The summed E-state index contributed by atoms with van der Waals surface area (Å²) in [6.07, 6.45) is 1.26. The van der Waals surface area contributed by atoms with Gasteiger partial charge in [-0.3, -0.25) is 34.7 Å². The molecule has 1 heterocycles. The van der Waals surface area contributed by atoms with Crippen molar-refractivity contribution in [3.8, 4) is 11.5 Å². The lowest BCUT2D eigenvalue weighted by Crippen LogP contribution is -2.27. The van der Waals surface area contributed by atoms with Crippen molar-refractivity contribution in [1.29, 1.82) is 0 Å². The summed E-state index contributed by atoms with van der Waals surface area (Å²) in [6.45, 7) is 1.48. The molecule has 3 rings (SSSR count). The molecule has 0 spiro atoms. The summed E-state index contributed by atoms with van der Waals surface area (Å²) in [5, 5.41) is 31.7. The van der Waals surface area contributed by atoms with Gasteiger partial charge in [-0.2, -0.15) is 0 Å². The zero-order chi connectivity index (χ0) is 22.7. The molecule has 160 valence electrons. The second-order valence-electron chi connectivity index (χ2n) is 6.23. The molecule has 1 aliphatic rings. The van der Waals surface area contributed by atoms with Crippen molar-refractivity contribution in [1.82, 2.24) is 4.90 Å². The topological polar surface area (TPSA) is 153 Å². The molecule has 0 aromatic heterocycles. The van der Waals surface area contributed by atoms with E-state index in [0.29, 0.717) is 11.8 Å². The molecule has 0 atom stereocenters. The van der Waals surface area contributed by atoms with Gasteiger partial charge in [0.15, 0.2) is 5.75 Å². The van der Waals surface area contributed by atoms with Crippen molar-refractivity contribution in [3.05, 3.63) is 72.7 Å². The second-order valence-corrected chi connectivity index (χ2v) is 7.22. The van der Waals surface area contributed by atoms with Crippen molar-refractivity contribution in [2.45, 2.75) is 13.5 Å². The molecule has 1 fully saturated rings. The number of rotatable bonds is 7. The summed E-state index contributed by atoms with van der Waals surface area (Å²) in [7, 11) is 0. The number of hydrogen-bond acceptors (Lipinski definition) is 9. The van der Waals surface area contributed by atoms with Crippen LogP contribution >= 0.6 is 11.8 Å². The fourth-order valence-corrected chi connectivity index (χ4v) is 3.72.